The summed E-state index contributed by atoms with van der Waals surface area (Å²) in [6.45, 7) is 3.47. The van der Waals surface area contributed by atoms with Crippen LogP contribution in [0.15, 0.2) is 51.7 Å². The van der Waals surface area contributed by atoms with E-state index in [0.29, 0.717) is 22.5 Å². The number of ether oxygens (including phenoxy) is 2. The van der Waals surface area contributed by atoms with Gasteiger partial charge in [-0.2, -0.15) is 0 Å². The number of aryl methyl sites for hydroxylation is 2. The van der Waals surface area contributed by atoms with E-state index in [1.165, 1.54) is 6.07 Å². The highest BCUT2D eigenvalue weighted by Gasteiger charge is 2.12. The van der Waals surface area contributed by atoms with Crippen LogP contribution in [0.4, 0.5) is 0 Å². The van der Waals surface area contributed by atoms with E-state index in [9.17, 15) is 14.4 Å². The number of hydrogen-bond acceptors (Lipinski definition) is 6. The minimum atomic E-state index is -0.570. The summed E-state index contributed by atoms with van der Waals surface area (Å²) in [5.41, 5.74) is 2.99. The number of rotatable bonds is 6. The van der Waals surface area contributed by atoms with Crippen LogP contribution in [0, 0.1) is 13.8 Å². The van der Waals surface area contributed by atoms with Crippen molar-refractivity contribution in [2.24, 2.45) is 0 Å². The lowest BCUT2D eigenvalue weighted by molar-refractivity contribution is -0.147. The Morgan fingerprint density at radius 3 is 2.56 bits per heavy atom. The van der Waals surface area contributed by atoms with Crippen molar-refractivity contribution in [3.05, 3.63) is 75.1 Å². The van der Waals surface area contributed by atoms with Crippen LogP contribution >= 0.6 is 0 Å². The molecule has 6 heteroatoms. The van der Waals surface area contributed by atoms with Crippen LogP contribution in [0.25, 0.3) is 11.0 Å². The van der Waals surface area contributed by atoms with Crippen molar-refractivity contribution >= 4 is 23.2 Å². The Labute approximate surface area is 155 Å². The largest absolute Gasteiger partial charge is 0.482 e. The summed E-state index contributed by atoms with van der Waals surface area (Å²) in [7, 11) is 0. The van der Waals surface area contributed by atoms with Crippen LogP contribution in [0.2, 0.25) is 0 Å². The fourth-order valence-corrected chi connectivity index (χ4v) is 2.63. The molecular weight excluding hydrogens is 348 g/mol. The zero-order valence-electron chi connectivity index (χ0n) is 15.0. The Morgan fingerprint density at radius 1 is 1.11 bits per heavy atom. The van der Waals surface area contributed by atoms with Crippen LogP contribution < -0.4 is 10.4 Å². The third-order valence-corrected chi connectivity index (χ3v) is 4.28. The first-order valence-corrected chi connectivity index (χ1v) is 8.34. The van der Waals surface area contributed by atoms with E-state index >= 15 is 0 Å². The molecule has 0 saturated heterocycles. The van der Waals surface area contributed by atoms with Crippen molar-refractivity contribution in [1.29, 1.82) is 0 Å². The maximum atomic E-state index is 11.9. The molecular formula is C21H18O6. The van der Waals surface area contributed by atoms with Gasteiger partial charge in [-0.05, 0) is 49.2 Å². The molecule has 0 radical (unpaired) electrons. The Bertz CT molecular complexity index is 1050. The zero-order chi connectivity index (χ0) is 19.4. The fourth-order valence-electron chi connectivity index (χ4n) is 2.63. The van der Waals surface area contributed by atoms with Crippen LogP contribution in [0.5, 0.6) is 5.75 Å². The number of carbonyl (C=O) groups excluding carboxylic acids is 2. The molecule has 0 aliphatic carbocycles. The first-order valence-electron chi connectivity index (χ1n) is 8.34. The zero-order valence-corrected chi connectivity index (χ0v) is 15.0. The molecule has 6 nitrogen and oxygen atoms in total. The summed E-state index contributed by atoms with van der Waals surface area (Å²) in [6, 6.07) is 11.5. The maximum Gasteiger partial charge on any atom is 0.344 e. The molecule has 1 heterocycles. The molecule has 1 aromatic heterocycles. The van der Waals surface area contributed by atoms with Crippen molar-refractivity contribution in [2.45, 2.75) is 20.5 Å². The van der Waals surface area contributed by atoms with Crippen molar-refractivity contribution in [3.8, 4) is 5.75 Å². The number of aldehydes is 1. The average molecular weight is 366 g/mol. The quantitative estimate of drug-likeness (QED) is 0.378. The molecule has 0 fully saturated rings. The van der Waals surface area contributed by atoms with Crippen molar-refractivity contribution < 1.29 is 23.5 Å². The van der Waals surface area contributed by atoms with Crippen LogP contribution in [-0.4, -0.2) is 18.9 Å². The molecule has 0 saturated carbocycles. The fraction of sp³-hybridized carbons (Fsp3) is 0.190. The van der Waals surface area contributed by atoms with Crippen LogP contribution in [0.3, 0.4) is 0 Å². The molecule has 27 heavy (non-hydrogen) atoms. The van der Waals surface area contributed by atoms with Gasteiger partial charge in [0.2, 0.25) is 0 Å². The SMILES string of the molecule is Cc1ccc2c(COC(=O)COc3ccc(C=O)cc3)cc(=O)oc2c1C. The van der Waals surface area contributed by atoms with E-state index in [1.54, 1.807) is 24.3 Å². The number of esters is 1. The van der Waals surface area contributed by atoms with E-state index in [-0.39, 0.29) is 13.2 Å². The molecule has 3 rings (SSSR count). The molecule has 0 aliphatic heterocycles. The van der Waals surface area contributed by atoms with Crippen molar-refractivity contribution in [3.63, 3.8) is 0 Å². The van der Waals surface area contributed by atoms with Crippen LogP contribution in [0.1, 0.15) is 27.0 Å². The van der Waals surface area contributed by atoms with E-state index < -0.39 is 11.6 Å². The Morgan fingerprint density at radius 2 is 1.85 bits per heavy atom. The Kier molecular flexibility index (Phi) is 5.35. The second-order valence-electron chi connectivity index (χ2n) is 6.11. The highest BCUT2D eigenvalue weighted by Crippen LogP contribution is 2.23. The van der Waals surface area contributed by atoms with Gasteiger partial charge in [-0.1, -0.05) is 12.1 Å². The van der Waals surface area contributed by atoms with Gasteiger partial charge in [-0.25, -0.2) is 9.59 Å². The van der Waals surface area contributed by atoms with Crippen molar-refractivity contribution in [2.75, 3.05) is 6.61 Å². The minimum absolute atomic E-state index is 0.0587. The minimum Gasteiger partial charge on any atom is -0.482 e. The van der Waals surface area contributed by atoms with Crippen molar-refractivity contribution in [1.82, 2.24) is 0 Å². The number of benzene rings is 2. The van der Waals surface area contributed by atoms with Gasteiger partial charge in [0.1, 0.15) is 24.2 Å². The summed E-state index contributed by atoms with van der Waals surface area (Å²) in [4.78, 5) is 34.4. The summed E-state index contributed by atoms with van der Waals surface area (Å²) in [5.74, 6) is -0.117. The third kappa shape index (κ3) is 4.23. The van der Waals surface area contributed by atoms with Gasteiger partial charge in [0.05, 0.1) is 0 Å². The average Bonchev–Trinajstić information content (AvgIpc) is 2.68. The molecule has 0 bridgehead atoms. The van der Waals surface area contributed by atoms with Gasteiger partial charge < -0.3 is 13.9 Å². The molecule has 0 amide bonds. The summed E-state index contributed by atoms with van der Waals surface area (Å²) < 4.78 is 15.9. The monoisotopic (exact) mass is 366 g/mol. The lowest BCUT2D eigenvalue weighted by atomic mass is 10.0. The van der Waals surface area contributed by atoms with Gasteiger partial charge in [0.25, 0.3) is 0 Å². The van der Waals surface area contributed by atoms with Gasteiger partial charge in [-0.3, -0.25) is 4.79 Å². The molecule has 0 atom stereocenters. The normalized spacial score (nSPS) is 10.6. The Hall–Kier alpha value is -3.41. The lowest BCUT2D eigenvalue weighted by Crippen LogP contribution is -2.15. The molecule has 3 aromatic rings. The molecule has 2 aromatic carbocycles. The Balaban J connectivity index is 1.67. The van der Waals surface area contributed by atoms with Crippen LogP contribution in [-0.2, 0) is 16.1 Å². The lowest BCUT2D eigenvalue weighted by Gasteiger charge is -2.10. The van der Waals surface area contributed by atoms with Gasteiger partial charge in [0.15, 0.2) is 6.61 Å². The van der Waals surface area contributed by atoms with Gasteiger partial charge in [0, 0.05) is 22.6 Å². The highest BCUT2D eigenvalue weighted by molar-refractivity contribution is 5.84. The van der Waals surface area contributed by atoms with E-state index in [0.717, 1.165) is 22.8 Å². The van der Waals surface area contributed by atoms with E-state index in [4.69, 9.17) is 13.9 Å². The molecule has 0 N–H and O–H groups in total. The standard InChI is InChI=1S/C21H18O6/c1-13-3-8-18-16(9-19(23)27-21(18)14(13)2)11-26-20(24)12-25-17-6-4-15(10-22)5-7-17/h3-10H,11-12H2,1-2H3. The number of carbonyl (C=O) groups is 2. The number of fused-ring (bicyclic) bond motifs is 1. The summed E-state index contributed by atoms with van der Waals surface area (Å²) in [5, 5.41) is 0.732. The molecule has 0 aliphatic rings. The first-order chi connectivity index (χ1) is 13.0. The number of hydrogen-bond donors (Lipinski definition) is 0. The molecule has 0 spiro atoms. The topological polar surface area (TPSA) is 82.8 Å². The predicted molar refractivity (Wildman–Crippen MR) is 99.1 cm³/mol. The first kappa shape index (κ1) is 18.4. The second kappa shape index (κ2) is 7.86. The summed E-state index contributed by atoms with van der Waals surface area (Å²) >= 11 is 0. The second-order valence-corrected chi connectivity index (χ2v) is 6.11. The highest BCUT2D eigenvalue weighted by atomic mass is 16.6. The van der Waals surface area contributed by atoms with E-state index in [2.05, 4.69) is 0 Å². The van der Waals surface area contributed by atoms with Gasteiger partial charge >= 0.3 is 11.6 Å². The predicted octanol–water partition coefficient (Wildman–Crippen LogP) is 3.34. The van der Waals surface area contributed by atoms with Gasteiger partial charge in [-0.15, -0.1) is 0 Å². The summed E-state index contributed by atoms with van der Waals surface area (Å²) in [6.07, 6.45) is 0.724. The molecule has 0 unspecified atom stereocenters. The van der Waals surface area contributed by atoms with E-state index in [1.807, 2.05) is 26.0 Å². The molecule has 138 valence electrons. The maximum absolute atomic E-state index is 11.9. The third-order valence-electron chi connectivity index (χ3n) is 4.28. The smallest absolute Gasteiger partial charge is 0.344 e.